The van der Waals surface area contributed by atoms with Crippen LogP contribution in [0.25, 0.3) is 11.3 Å². The highest BCUT2D eigenvalue weighted by atomic mass is 16.5. The van der Waals surface area contributed by atoms with Gasteiger partial charge >= 0.3 is 0 Å². The molecule has 2 aromatic heterocycles. The zero-order valence-corrected chi connectivity index (χ0v) is 15.6. The van der Waals surface area contributed by atoms with Crippen LogP contribution in [0, 0.1) is 6.92 Å². The fraction of sp³-hybridized carbons (Fsp3) is 0.143. The second kappa shape index (κ2) is 7.48. The average Bonchev–Trinajstić information content (AvgIpc) is 3.27. The molecule has 0 radical (unpaired) electrons. The Bertz CT molecular complexity index is 1090. The van der Waals surface area contributed by atoms with Crippen molar-refractivity contribution in [1.29, 1.82) is 0 Å². The van der Waals surface area contributed by atoms with Gasteiger partial charge in [0.25, 0.3) is 0 Å². The number of aromatic hydroxyl groups is 1. The molecule has 7 heteroatoms. The van der Waals surface area contributed by atoms with Crippen LogP contribution in [-0.2, 0) is 13.7 Å². The normalized spacial score (nSPS) is 10.8. The fourth-order valence-electron chi connectivity index (χ4n) is 2.85. The lowest BCUT2D eigenvalue weighted by atomic mass is 10.1. The van der Waals surface area contributed by atoms with Crippen LogP contribution in [0.15, 0.2) is 60.9 Å². The maximum Gasteiger partial charge on any atom is 0.176 e. The Morgan fingerprint density at radius 3 is 2.64 bits per heavy atom. The molecule has 0 aliphatic carbocycles. The highest BCUT2D eigenvalue weighted by Crippen LogP contribution is 2.39. The Hall–Kier alpha value is -3.74. The maximum atomic E-state index is 10.5. The van der Waals surface area contributed by atoms with E-state index in [1.165, 1.54) is 0 Å². The third-order valence-electron chi connectivity index (χ3n) is 4.24. The van der Waals surface area contributed by atoms with Crippen molar-refractivity contribution in [1.82, 2.24) is 20.0 Å². The number of phenols is 1. The number of hydrogen-bond donors (Lipinski definition) is 2. The van der Waals surface area contributed by atoms with Gasteiger partial charge in [-0.1, -0.05) is 18.2 Å². The number of nitrogens with zero attached hydrogens (tertiary/aromatic N) is 3. The zero-order chi connectivity index (χ0) is 19.5. The predicted molar refractivity (Wildman–Crippen MR) is 104 cm³/mol. The fourth-order valence-corrected chi connectivity index (χ4v) is 2.85. The Morgan fingerprint density at radius 2 is 1.93 bits per heavy atom. The summed E-state index contributed by atoms with van der Waals surface area (Å²) in [5, 5.41) is 21.9. The van der Waals surface area contributed by atoms with E-state index in [1.54, 1.807) is 29.1 Å². The van der Waals surface area contributed by atoms with Crippen molar-refractivity contribution >= 4 is 0 Å². The van der Waals surface area contributed by atoms with Gasteiger partial charge in [0.05, 0.1) is 11.9 Å². The highest BCUT2D eigenvalue weighted by Gasteiger charge is 2.18. The summed E-state index contributed by atoms with van der Waals surface area (Å²) in [6, 6.07) is 14.6. The minimum absolute atomic E-state index is 0.0631. The van der Waals surface area contributed by atoms with Gasteiger partial charge in [-0.3, -0.25) is 9.78 Å². The lowest BCUT2D eigenvalue weighted by Gasteiger charge is -2.10. The first-order valence-electron chi connectivity index (χ1n) is 8.82. The number of aromatic nitrogens is 4. The second-order valence-corrected chi connectivity index (χ2v) is 6.43. The third kappa shape index (κ3) is 3.68. The van der Waals surface area contributed by atoms with E-state index in [9.17, 15) is 5.11 Å². The van der Waals surface area contributed by atoms with Crippen LogP contribution in [0.2, 0.25) is 0 Å². The second-order valence-electron chi connectivity index (χ2n) is 6.43. The van der Waals surface area contributed by atoms with Crippen LogP contribution in [0.1, 0.15) is 11.3 Å². The molecule has 4 rings (SSSR count). The van der Waals surface area contributed by atoms with E-state index in [0.29, 0.717) is 35.1 Å². The van der Waals surface area contributed by atoms with Crippen LogP contribution in [0.4, 0.5) is 0 Å². The summed E-state index contributed by atoms with van der Waals surface area (Å²) in [6.07, 6.45) is 3.63. The molecule has 0 aliphatic rings. The van der Waals surface area contributed by atoms with E-state index >= 15 is 0 Å². The number of ether oxygens (including phenoxy) is 2. The molecule has 4 aromatic rings. The van der Waals surface area contributed by atoms with Crippen LogP contribution >= 0.6 is 0 Å². The number of hydrogen-bond acceptors (Lipinski definition) is 5. The number of aryl methyl sites for hydroxylation is 2. The van der Waals surface area contributed by atoms with Gasteiger partial charge in [0.1, 0.15) is 29.5 Å². The topological polar surface area (TPSA) is 85.2 Å². The standard InChI is InChI=1S/C21H20N4O3/c1-14-21(28-16-6-4-3-5-7-16)20(24-23-14)18-9-8-17(10-19(18)26)27-13-15-11-22-25(2)12-15/h3-12,26H,13H2,1-2H3,(H,23,24). The smallest absolute Gasteiger partial charge is 0.176 e. The summed E-state index contributed by atoms with van der Waals surface area (Å²) >= 11 is 0. The van der Waals surface area contributed by atoms with Gasteiger partial charge in [-0.2, -0.15) is 10.2 Å². The van der Waals surface area contributed by atoms with Crippen molar-refractivity contribution in [3.05, 3.63) is 72.2 Å². The van der Waals surface area contributed by atoms with Crippen molar-refractivity contribution in [3.8, 4) is 34.3 Å². The molecule has 0 atom stereocenters. The number of phenolic OH excluding ortho intramolecular Hbond substituents is 1. The number of nitrogens with one attached hydrogen (secondary N) is 1. The van der Waals surface area contributed by atoms with Gasteiger partial charge in [-0.05, 0) is 31.2 Å². The number of H-pyrrole nitrogens is 1. The number of benzene rings is 2. The quantitative estimate of drug-likeness (QED) is 0.527. The maximum absolute atomic E-state index is 10.5. The molecule has 7 nitrogen and oxygen atoms in total. The highest BCUT2D eigenvalue weighted by molar-refractivity contribution is 5.74. The van der Waals surface area contributed by atoms with Crippen molar-refractivity contribution in [2.45, 2.75) is 13.5 Å². The van der Waals surface area contributed by atoms with Gasteiger partial charge in [-0.25, -0.2) is 0 Å². The summed E-state index contributed by atoms with van der Waals surface area (Å²) in [4.78, 5) is 0. The Kier molecular flexibility index (Phi) is 4.72. The summed E-state index contributed by atoms with van der Waals surface area (Å²) in [5.41, 5.74) is 2.82. The van der Waals surface area contributed by atoms with Gasteiger partial charge in [0, 0.05) is 30.4 Å². The third-order valence-corrected chi connectivity index (χ3v) is 4.24. The first-order chi connectivity index (χ1) is 13.6. The van der Waals surface area contributed by atoms with E-state index in [1.807, 2.05) is 50.5 Å². The molecule has 0 saturated carbocycles. The molecule has 28 heavy (non-hydrogen) atoms. The molecule has 0 fully saturated rings. The molecule has 0 amide bonds. The van der Waals surface area contributed by atoms with Crippen molar-refractivity contribution in [3.63, 3.8) is 0 Å². The molecule has 0 aliphatic heterocycles. The van der Waals surface area contributed by atoms with Crippen LogP contribution in [0.3, 0.4) is 0 Å². The summed E-state index contributed by atoms with van der Waals surface area (Å²) in [7, 11) is 1.85. The minimum Gasteiger partial charge on any atom is -0.507 e. The monoisotopic (exact) mass is 376 g/mol. The zero-order valence-electron chi connectivity index (χ0n) is 15.6. The molecule has 0 unspecified atom stereocenters. The molecule has 2 N–H and O–H groups in total. The predicted octanol–water partition coefficient (Wildman–Crippen LogP) is 4.20. The van der Waals surface area contributed by atoms with Gasteiger partial charge in [0.2, 0.25) is 0 Å². The van der Waals surface area contributed by atoms with Crippen molar-refractivity contribution in [2.75, 3.05) is 0 Å². The average molecular weight is 376 g/mol. The minimum atomic E-state index is 0.0631. The number of aromatic amines is 1. The van der Waals surface area contributed by atoms with Crippen molar-refractivity contribution < 1.29 is 14.6 Å². The van der Waals surface area contributed by atoms with Crippen molar-refractivity contribution in [2.24, 2.45) is 7.05 Å². The largest absolute Gasteiger partial charge is 0.507 e. The van der Waals surface area contributed by atoms with E-state index in [-0.39, 0.29) is 5.75 Å². The van der Waals surface area contributed by atoms with Gasteiger partial charge in [0.15, 0.2) is 5.75 Å². The Labute approximate surface area is 162 Å². The van der Waals surface area contributed by atoms with Crippen LogP contribution in [-0.4, -0.2) is 25.1 Å². The molecule has 0 spiro atoms. The van der Waals surface area contributed by atoms with E-state index in [2.05, 4.69) is 15.3 Å². The SMILES string of the molecule is Cc1[nH]nc(-c2ccc(OCc3cnn(C)c3)cc2O)c1Oc1ccccc1. The lowest BCUT2D eigenvalue weighted by Crippen LogP contribution is -1.94. The molecule has 0 saturated heterocycles. The van der Waals surface area contributed by atoms with E-state index < -0.39 is 0 Å². The Morgan fingerprint density at radius 1 is 1.11 bits per heavy atom. The first-order valence-corrected chi connectivity index (χ1v) is 8.82. The summed E-state index contributed by atoms with van der Waals surface area (Å²) in [5.74, 6) is 1.89. The van der Waals surface area contributed by atoms with Crippen LogP contribution in [0.5, 0.6) is 23.0 Å². The van der Waals surface area contributed by atoms with Gasteiger partial charge in [-0.15, -0.1) is 0 Å². The number of rotatable bonds is 6. The lowest BCUT2D eigenvalue weighted by molar-refractivity contribution is 0.304. The molecule has 142 valence electrons. The Balaban J connectivity index is 1.56. The molecular formula is C21H20N4O3. The van der Waals surface area contributed by atoms with E-state index in [4.69, 9.17) is 9.47 Å². The molecule has 2 aromatic carbocycles. The van der Waals surface area contributed by atoms with Gasteiger partial charge < -0.3 is 14.6 Å². The molecule has 2 heterocycles. The summed E-state index contributed by atoms with van der Waals surface area (Å²) < 4.78 is 13.4. The van der Waals surface area contributed by atoms with Crippen LogP contribution < -0.4 is 9.47 Å². The first kappa shape index (κ1) is 17.7. The molecule has 0 bridgehead atoms. The van der Waals surface area contributed by atoms with E-state index in [0.717, 1.165) is 11.3 Å². The summed E-state index contributed by atoms with van der Waals surface area (Å²) in [6.45, 7) is 2.24. The number of para-hydroxylation sites is 1. The molecular weight excluding hydrogens is 356 g/mol.